The van der Waals surface area contributed by atoms with Crippen molar-refractivity contribution in [2.45, 2.75) is 6.36 Å². The molecule has 1 rings (SSSR count). The Morgan fingerprint density at radius 1 is 1.25 bits per heavy atom. The molecule has 0 amide bonds. The average molecular weight is 466 g/mol. The number of halogens is 5. The normalized spacial score (nSPS) is 12.2. The molecule has 6 nitrogen and oxygen atoms in total. The lowest BCUT2D eigenvalue weighted by Gasteiger charge is -2.11. The largest absolute Gasteiger partial charge is 0.573 e. The van der Waals surface area contributed by atoms with Gasteiger partial charge in [0, 0.05) is 3.57 Å². The number of nitrogens with two attached hydrogens (primary N) is 3. The number of hydrogen-bond acceptors (Lipinski definition) is 2. The van der Waals surface area contributed by atoms with Crippen LogP contribution in [0.5, 0.6) is 5.75 Å². The fourth-order valence-corrected chi connectivity index (χ4v) is 2.06. The molecule has 0 radical (unpaired) electrons. The number of alkyl halides is 3. The van der Waals surface area contributed by atoms with E-state index in [0.717, 1.165) is 6.07 Å². The Morgan fingerprint density at radius 2 is 1.85 bits per heavy atom. The maximum Gasteiger partial charge on any atom is 0.573 e. The van der Waals surface area contributed by atoms with Crippen LogP contribution in [0.4, 0.5) is 18.9 Å². The van der Waals surface area contributed by atoms with Crippen LogP contribution in [0.3, 0.4) is 0 Å². The molecule has 0 aromatic heterocycles. The number of benzene rings is 1. The van der Waals surface area contributed by atoms with Gasteiger partial charge < -0.3 is 21.9 Å². The van der Waals surface area contributed by atoms with Crippen molar-refractivity contribution in [3.05, 3.63) is 20.2 Å². The molecule has 0 atom stereocenters. The topological polar surface area (TPSA) is 112 Å². The lowest BCUT2D eigenvalue weighted by atomic mass is 10.3. The first-order valence-corrected chi connectivity index (χ1v) is 6.64. The summed E-state index contributed by atoms with van der Waals surface area (Å²) in [5, 5.41) is 0. The molecule has 1 aromatic carbocycles. The Hall–Kier alpha value is -1.24. The second-order valence-corrected chi connectivity index (χ2v) is 5.31. The van der Waals surface area contributed by atoms with Crippen molar-refractivity contribution in [3.63, 3.8) is 0 Å². The number of aliphatic imine (C=N–C) groups is 2. The van der Waals surface area contributed by atoms with Gasteiger partial charge in [-0.1, -0.05) is 0 Å². The van der Waals surface area contributed by atoms with Crippen LogP contribution in [0.25, 0.3) is 0 Å². The summed E-state index contributed by atoms with van der Waals surface area (Å²) in [6.07, 6.45) is -4.78. The predicted octanol–water partition coefficient (Wildman–Crippen LogP) is 2.17. The molecule has 0 unspecified atom stereocenters. The van der Waals surface area contributed by atoms with Crippen LogP contribution in [0.1, 0.15) is 0 Å². The Bertz CT molecular complexity index is 571. The quantitative estimate of drug-likeness (QED) is 0.353. The van der Waals surface area contributed by atoms with Crippen LogP contribution in [0.15, 0.2) is 26.6 Å². The van der Waals surface area contributed by atoms with Crippen molar-refractivity contribution >= 4 is 56.1 Å². The molecule has 0 bridgehead atoms. The van der Waals surface area contributed by atoms with Crippen molar-refractivity contribution < 1.29 is 17.9 Å². The van der Waals surface area contributed by atoms with Gasteiger partial charge in [-0.05, 0) is 50.7 Å². The number of guanidine groups is 2. The third-order valence-corrected chi connectivity index (χ3v) is 3.19. The summed E-state index contributed by atoms with van der Waals surface area (Å²) in [5.41, 5.74) is 16.0. The highest BCUT2D eigenvalue weighted by Gasteiger charge is 2.32. The smallest absolute Gasteiger partial charge is 0.405 e. The van der Waals surface area contributed by atoms with Gasteiger partial charge in [0.25, 0.3) is 0 Å². The number of rotatable bonds is 2. The van der Waals surface area contributed by atoms with Crippen LogP contribution in [-0.2, 0) is 0 Å². The Kier molecular flexibility index (Phi) is 5.44. The van der Waals surface area contributed by atoms with Gasteiger partial charge in [0.05, 0.1) is 10.2 Å². The maximum atomic E-state index is 12.2. The SMILES string of the molecule is NC(N)=NC(N)=Nc1cc(Br)c(OC(F)(F)F)cc1I. The third-order valence-electron chi connectivity index (χ3n) is 1.71. The summed E-state index contributed by atoms with van der Waals surface area (Å²) in [7, 11) is 0. The minimum atomic E-state index is -4.78. The van der Waals surface area contributed by atoms with Gasteiger partial charge in [-0.15, -0.1) is 13.2 Å². The van der Waals surface area contributed by atoms with Crippen LogP contribution in [0, 0.1) is 3.57 Å². The first-order valence-electron chi connectivity index (χ1n) is 4.77. The van der Waals surface area contributed by atoms with Crippen molar-refractivity contribution in [3.8, 4) is 5.75 Å². The molecule has 0 aliphatic heterocycles. The summed E-state index contributed by atoms with van der Waals surface area (Å²) in [6.45, 7) is 0. The molecule has 0 saturated heterocycles. The summed E-state index contributed by atoms with van der Waals surface area (Å²) >= 11 is 4.73. The zero-order valence-corrected chi connectivity index (χ0v) is 13.3. The van der Waals surface area contributed by atoms with Gasteiger partial charge in [-0.3, -0.25) is 0 Å². The first kappa shape index (κ1) is 16.8. The number of nitrogens with zero attached hydrogens (tertiary/aromatic N) is 2. The van der Waals surface area contributed by atoms with Crippen molar-refractivity contribution in [2.75, 3.05) is 0 Å². The molecule has 0 aliphatic carbocycles. The molecule has 6 N–H and O–H groups in total. The highest BCUT2D eigenvalue weighted by Crippen LogP contribution is 2.36. The van der Waals surface area contributed by atoms with Crippen LogP contribution < -0.4 is 21.9 Å². The Morgan fingerprint density at radius 3 is 2.35 bits per heavy atom. The highest BCUT2D eigenvalue weighted by atomic mass is 127. The molecule has 1 aromatic rings. The first-order chi connectivity index (χ1) is 9.08. The van der Waals surface area contributed by atoms with E-state index in [9.17, 15) is 13.2 Å². The summed E-state index contributed by atoms with van der Waals surface area (Å²) < 4.78 is 40.8. The van der Waals surface area contributed by atoms with E-state index in [1.165, 1.54) is 6.07 Å². The minimum Gasteiger partial charge on any atom is -0.405 e. The van der Waals surface area contributed by atoms with E-state index in [0.29, 0.717) is 3.57 Å². The molecular weight excluding hydrogens is 458 g/mol. The van der Waals surface area contributed by atoms with Crippen LogP contribution in [-0.4, -0.2) is 18.3 Å². The fraction of sp³-hybridized carbons (Fsp3) is 0.111. The van der Waals surface area contributed by atoms with Gasteiger partial charge >= 0.3 is 6.36 Å². The molecule has 0 saturated carbocycles. The fourth-order valence-electron chi connectivity index (χ4n) is 1.09. The molecular formula is C9H8BrF3IN5O. The van der Waals surface area contributed by atoms with E-state index in [2.05, 4.69) is 30.7 Å². The van der Waals surface area contributed by atoms with Crippen LogP contribution in [0.2, 0.25) is 0 Å². The molecule has 20 heavy (non-hydrogen) atoms. The molecule has 0 fully saturated rings. The van der Waals surface area contributed by atoms with Crippen molar-refractivity contribution in [1.82, 2.24) is 0 Å². The summed E-state index contributed by atoms with van der Waals surface area (Å²) in [6, 6.07) is 2.46. The van der Waals surface area contributed by atoms with Crippen LogP contribution >= 0.6 is 38.5 Å². The third kappa shape index (κ3) is 5.40. The molecule has 11 heteroatoms. The Labute approximate surface area is 133 Å². The second-order valence-electron chi connectivity index (χ2n) is 3.29. The molecule has 0 aliphatic rings. The molecule has 0 spiro atoms. The van der Waals surface area contributed by atoms with E-state index in [4.69, 9.17) is 17.2 Å². The number of hydrogen-bond donors (Lipinski definition) is 3. The monoisotopic (exact) mass is 465 g/mol. The van der Waals surface area contributed by atoms with Gasteiger partial charge in [0.15, 0.2) is 5.96 Å². The molecule has 110 valence electrons. The zero-order chi connectivity index (χ0) is 15.5. The van der Waals surface area contributed by atoms with E-state index in [1.54, 1.807) is 22.6 Å². The number of ether oxygens (including phenoxy) is 1. The van der Waals surface area contributed by atoms with E-state index in [1.807, 2.05) is 0 Å². The summed E-state index contributed by atoms with van der Waals surface area (Å²) in [5.74, 6) is -0.891. The zero-order valence-electron chi connectivity index (χ0n) is 9.58. The second kappa shape index (κ2) is 6.47. The maximum absolute atomic E-state index is 12.2. The highest BCUT2D eigenvalue weighted by molar-refractivity contribution is 14.1. The van der Waals surface area contributed by atoms with Gasteiger partial charge in [0.1, 0.15) is 5.75 Å². The Balaban J connectivity index is 3.15. The predicted molar refractivity (Wildman–Crippen MR) is 80.6 cm³/mol. The lowest BCUT2D eigenvalue weighted by molar-refractivity contribution is -0.274. The molecule has 0 heterocycles. The van der Waals surface area contributed by atoms with Gasteiger partial charge in [0.2, 0.25) is 5.96 Å². The summed E-state index contributed by atoms with van der Waals surface area (Å²) in [4.78, 5) is 7.37. The minimum absolute atomic E-state index is 0.0616. The van der Waals surface area contributed by atoms with Gasteiger partial charge in [-0.2, -0.15) is 4.99 Å². The van der Waals surface area contributed by atoms with Gasteiger partial charge in [-0.25, -0.2) is 4.99 Å². The van der Waals surface area contributed by atoms with E-state index >= 15 is 0 Å². The van der Waals surface area contributed by atoms with E-state index < -0.39 is 6.36 Å². The standard InChI is InChI=1S/C9H8BrF3IN5O/c10-3-1-5(18-8(17)19-7(15)16)4(14)2-6(3)20-9(11,12)13/h1-2H,(H6,15,16,17,18,19). The van der Waals surface area contributed by atoms with E-state index in [-0.39, 0.29) is 27.8 Å². The lowest BCUT2D eigenvalue weighted by Crippen LogP contribution is -2.26. The van der Waals surface area contributed by atoms with Crippen molar-refractivity contribution in [1.29, 1.82) is 0 Å². The van der Waals surface area contributed by atoms with Crippen molar-refractivity contribution in [2.24, 2.45) is 27.2 Å². The average Bonchev–Trinajstić information content (AvgIpc) is 2.22.